The number of Topliss-reactive ketones (excluding diaryl/α,β-unsaturated/α-hetero) is 1. The van der Waals surface area contributed by atoms with E-state index in [0.29, 0.717) is 42.6 Å². The van der Waals surface area contributed by atoms with E-state index in [4.69, 9.17) is 14.2 Å². The molecule has 0 aliphatic heterocycles. The summed E-state index contributed by atoms with van der Waals surface area (Å²) in [7, 11) is 11.9. The van der Waals surface area contributed by atoms with Crippen molar-refractivity contribution >= 4 is 5.78 Å². The average Bonchev–Trinajstić information content (AvgIpc) is 2.55. The van der Waals surface area contributed by atoms with E-state index in [1.807, 2.05) is 57.0 Å². The fraction of sp³-hybridized carbons (Fsp3) is 0.650. The van der Waals surface area contributed by atoms with Gasteiger partial charge in [0.15, 0.2) is 17.3 Å². The first-order chi connectivity index (χ1) is 12.7. The summed E-state index contributed by atoms with van der Waals surface area (Å²) >= 11 is 0. The van der Waals surface area contributed by atoms with Crippen molar-refractivity contribution in [2.45, 2.75) is 6.92 Å². The summed E-state index contributed by atoms with van der Waals surface area (Å²) in [6.45, 7) is 5.32. The second-order valence-corrected chi connectivity index (χ2v) is 7.31. The molecule has 1 aromatic carbocycles. The van der Waals surface area contributed by atoms with Crippen LogP contribution in [0, 0.1) is 0 Å². The van der Waals surface area contributed by atoms with Crippen LogP contribution in [0.4, 0.5) is 0 Å². The lowest BCUT2D eigenvalue weighted by molar-refractivity contribution is 0.101. The topological polar surface area (TPSA) is 54.5 Å². The highest BCUT2D eigenvalue weighted by Gasteiger charge is 2.18. The van der Waals surface area contributed by atoms with Crippen molar-refractivity contribution < 1.29 is 19.0 Å². The molecule has 0 heterocycles. The third-order valence-corrected chi connectivity index (χ3v) is 3.80. The molecule has 0 atom stereocenters. The summed E-state index contributed by atoms with van der Waals surface area (Å²) in [5, 5.41) is 0. The standard InChI is InChI=1S/C20H35N3O4/c1-16(24)17-14-18(25-11-8-21(2)3)20(27-13-10-23(6)7)19(15-17)26-12-9-22(4)5/h14-15H,8-13H2,1-7H3. The number of hydrogen-bond donors (Lipinski definition) is 0. The van der Waals surface area contributed by atoms with Crippen LogP contribution in [-0.4, -0.2) is 102 Å². The van der Waals surface area contributed by atoms with Crippen LogP contribution in [0.5, 0.6) is 17.2 Å². The van der Waals surface area contributed by atoms with Gasteiger partial charge in [0.2, 0.25) is 5.75 Å². The fourth-order valence-corrected chi connectivity index (χ4v) is 2.14. The zero-order valence-electron chi connectivity index (χ0n) is 17.9. The summed E-state index contributed by atoms with van der Waals surface area (Å²) in [5.41, 5.74) is 0.551. The maximum absolute atomic E-state index is 12.0. The van der Waals surface area contributed by atoms with Gasteiger partial charge in [-0.2, -0.15) is 0 Å². The number of rotatable bonds is 13. The van der Waals surface area contributed by atoms with Crippen LogP contribution in [0.2, 0.25) is 0 Å². The molecule has 1 aromatic rings. The molecular formula is C20H35N3O4. The van der Waals surface area contributed by atoms with Crippen molar-refractivity contribution in [2.24, 2.45) is 0 Å². The molecule has 7 nitrogen and oxygen atoms in total. The van der Waals surface area contributed by atoms with Gasteiger partial charge in [-0.3, -0.25) is 4.79 Å². The molecule has 154 valence electrons. The number of carbonyl (C=O) groups is 1. The smallest absolute Gasteiger partial charge is 0.203 e. The van der Waals surface area contributed by atoms with E-state index in [9.17, 15) is 4.79 Å². The normalized spacial score (nSPS) is 11.3. The second-order valence-electron chi connectivity index (χ2n) is 7.31. The van der Waals surface area contributed by atoms with Crippen molar-refractivity contribution in [3.8, 4) is 17.2 Å². The van der Waals surface area contributed by atoms with Crippen molar-refractivity contribution in [2.75, 3.05) is 81.7 Å². The number of ketones is 1. The molecule has 27 heavy (non-hydrogen) atoms. The van der Waals surface area contributed by atoms with Crippen molar-refractivity contribution in [3.05, 3.63) is 17.7 Å². The van der Waals surface area contributed by atoms with E-state index in [-0.39, 0.29) is 5.78 Å². The van der Waals surface area contributed by atoms with Gasteiger partial charge in [-0.1, -0.05) is 0 Å². The largest absolute Gasteiger partial charge is 0.488 e. The van der Waals surface area contributed by atoms with Crippen molar-refractivity contribution in [1.29, 1.82) is 0 Å². The van der Waals surface area contributed by atoms with Gasteiger partial charge in [-0.15, -0.1) is 0 Å². The number of benzene rings is 1. The third kappa shape index (κ3) is 9.08. The number of nitrogens with zero attached hydrogens (tertiary/aromatic N) is 3. The summed E-state index contributed by atoms with van der Waals surface area (Å²) < 4.78 is 17.9. The van der Waals surface area contributed by atoms with E-state index >= 15 is 0 Å². The van der Waals surface area contributed by atoms with Crippen LogP contribution in [0.25, 0.3) is 0 Å². The molecule has 0 saturated carbocycles. The Bertz CT molecular complexity index is 554. The molecule has 0 bridgehead atoms. The zero-order valence-corrected chi connectivity index (χ0v) is 17.9. The minimum atomic E-state index is -0.0373. The molecule has 0 unspecified atom stereocenters. The molecule has 7 heteroatoms. The minimum Gasteiger partial charge on any atom is -0.488 e. The van der Waals surface area contributed by atoms with Crippen LogP contribution in [0.15, 0.2) is 12.1 Å². The Labute approximate surface area is 163 Å². The molecule has 0 radical (unpaired) electrons. The van der Waals surface area contributed by atoms with Crippen LogP contribution >= 0.6 is 0 Å². The predicted octanol–water partition coefficient (Wildman–Crippen LogP) is 1.71. The second kappa shape index (κ2) is 11.8. The molecule has 0 N–H and O–H groups in total. The fourth-order valence-electron chi connectivity index (χ4n) is 2.14. The molecule has 0 fully saturated rings. The van der Waals surface area contributed by atoms with E-state index < -0.39 is 0 Å². The average molecular weight is 382 g/mol. The van der Waals surface area contributed by atoms with Gasteiger partial charge in [0.05, 0.1) is 0 Å². The Morgan fingerprint density at radius 2 is 1.11 bits per heavy atom. The highest BCUT2D eigenvalue weighted by Crippen LogP contribution is 2.39. The third-order valence-electron chi connectivity index (χ3n) is 3.80. The molecule has 1 rings (SSSR count). The van der Waals surface area contributed by atoms with Crippen LogP contribution in [0.3, 0.4) is 0 Å². The number of ether oxygens (including phenoxy) is 3. The van der Waals surface area contributed by atoms with Gasteiger partial charge in [0.25, 0.3) is 0 Å². The number of carbonyl (C=O) groups excluding carboxylic acids is 1. The highest BCUT2D eigenvalue weighted by atomic mass is 16.5. The molecule has 0 saturated heterocycles. The van der Waals surface area contributed by atoms with E-state index in [0.717, 1.165) is 19.6 Å². The maximum Gasteiger partial charge on any atom is 0.203 e. The van der Waals surface area contributed by atoms with E-state index in [1.54, 1.807) is 12.1 Å². The van der Waals surface area contributed by atoms with Crippen molar-refractivity contribution in [3.63, 3.8) is 0 Å². The summed E-state index contributed by atoms with van der Waals surface area (Å²) in [5.74, 6) is 1.61. The van der Waals surface area contributed by atoms with E-state index in [2.05, 4.69) is 0 Å². The molecule has 0 amide bonds. The monoisotopic (exact) mass is 381 g/mol. The van der Waals surface area contributed by atoms with Crippen LogP contribution in [-0.2, 0) is 0 Å². The maximum atomic E-state index is 12.0. The van der Waals surface area contributed by atoms with Crippen LogP contribution < -0.4 is 14.2 Å². The predicted molar refractivity (Wildman–Crippen MR) is 109 cm³/mol. The molecule has 0 aliphatic carbocycles. The first kappa shape index (κ1) is 23.2. The quantitative estimate of drug-likeness (QED) is 0.482. The lowest BCUT2D eigenvalue weighted by atomic mass is 10.1. The molecule has 0 spiro atoms. The zero-order chi connectivity index (χ0) is 20.4. The SMILES string of the molecule is CC(=O)c1cc(OCCN(C)C)c(OCCN(C)C)c(OCCN(C)C)c1. The summed E-state index contributed by atoms with van der Waals surface area (Å²) in [4.78, 5) is 18.1. The van der Waals surface area contributed by atoms with Crippen molar-refractivity contribution in [1.82, 2.24) is 14.7 Å². The Balaban J connectivity index is 3.10. The van der Waals surface area contributed by atoms with Crippen LogP contribution in [0.1, 0.15) is 17.3 Å². The first-order valence-electron chi connectivity index (χ1n) is 9.22. The van der Waals surface area contributed by atoms with Gasteiger partial charge in [0.1, 0.15) is 19.8 Å². The van der Waals surface area contributed by atoms with Gasteiger partial charge < -0.3 is 28.9 Å². The Morgan fingerprint density at radius 3 is 1.44 bits per heavy atom. The summed E-state index contributed by atoms with van der Waals surface area (Å²) in [6, 6.07) is 3.48. The minimum absolute atomic E-state index is 0.0373. The Hall–Kier alpha value is -1.83. The lowest BCUT2D eigenvalue weighted by Crippen LogP contribution is -2.22. The number of hydrogen-bond acceptors (Lipinski definition) is 7. The first-order valence-corrected chi connectivity index (χ1v) is 9.22. The lowest BCUT2D eigenvalue weighted by Gasteiger charge is -2.20. The molecule has 0 aliphatic rings. The molecular weight excluding hydrogens is 346 g/mol. The van der Waals surface area contributed by atoms with Gasteiger partial charge >= 0.3 is 0 Å². The van der Waals surface area contributed by atoms with E-state index in [1.165, 1.54) is 6.92 Å². The highest BCUT2D eigenvalue weighted by molar-refractivity contribution is 5.95. The van der Waals surface area contributed by atoms with Gasteiger partial charge in [-0.05, 0) is 61.3 Å². The van der Waals surface area contributed by atoms with Gasteiger partial charge in [-0.25, -0.2) is 0 Å². The molecule has 0 aromatic heterocycles. The number of likely N-dealkylation sites (N-methyl/N-ethyl adjacent to an activating group) is 3. The Kier molecular flexibility index (Phi) is 10.1. The summed E-state index contributed by atoms with van der Waals surface area (Å²) in [6.07, 6.45) is 0. The van der Waals surface area contributed by atoms with Gasteiger partial charge in [0, 0.05) is 25.2 Å². The Morgan fingerprint density at radius 1 is 0.741 bits per heavy atom.